The molecule has 1 heterocycles. The van der Waals surface area contributed by atoms with Gasteiger partial charge in [0, 0.05) is 5.38 Å². The molecule has 12 heavy (non-hydrogen) atoms. The number of nitrogens with zero attached hydrogens (tertiary/aromatic N) is 2. The zero-order valence-corrected chi connectivity index (χ0v) is 8.18. The lowest BCUT2D eigenvalue weighted by molar-refractivity contribution is 0.0554. The lowest BCUT2D eigenvalue weighted by Gasteiger charge is -1.93. The molecule has 0 spiro atoms. The van der Waals surface area contributed by atoms with Gasteiger partial charge < -0.3 is 4.74 Å². The number of aromatic nitrogens is 1. The Balaban J connectivity index is 2.61. The van der Waals surface area contributed by atoms with Crippen LogP contribution in [0.25, 0.3) is 0 Å². The second-order valence-electron chi connectivity index (χ2n) is 1.71. The zero-order chi connectivity index (χ0) is 8.97. The van der Waals surface area contributed by atoms with E-state index in [1.54, 1.807) is 11.4 Å². The van der Waals surface area contributed by atoms with Crippen LogP contribution in [-0.4, -0.2) is 17.6 Å². The molecule has 62 valence electrons. The van der Waals surface area contributed by atoms with Gasteiger partial charge in [-0.05, 0) is 15.9 Å². The van der Waals surface area contributed by atoms with Gasteiger partial charge in [-0.15, -0.1) is 11.3 Å². The first-order valence-corrected chi connectivity index (χ1v) is 4.56. The predicted octanol–water partition coefficient (Wildman–Crippen LogP) is 1.59. The van der Waals surface area contributed by atoms with Crippen molar-refractivity contribution in [3.8, 4) is 6.07 Å². The van der Waals surface area contributed by atoms with Gasteiger partial charge in [0.25, 0.3) is 0 Å². The minimum absolute atomic E-state index is 0.240. The van der Waals surface area contributed by atoms with Crippen LogP contribution in [0, 0.1) is 11.3 Å². The maximum absolute atomic E-state index is 11.0. The minimum Gasteiger partial charge on any atom is -0.445 e. The number of halogens is 1. The van der Waals surface area contributed by atoms with Gasteiger partial charge in [-0.3, -0.25) is 0 Å². The van der Waals surface area contributed by atoms with Crippen LogP contribution in [0.5, 0.6) is 0 Å². The largest absolute Gasteiger partial charge is 0.445 e. The average Bonchev–Trinajstić information content (AvgIpc) is 2.47. The van der Waals surface area contributed by atoms with Crippen LogP contribution in [0.3, 0.4) is 0 Å². The molecule has 1 aromatic heterocycles. The van der Waals surface area contributed by atoms with Crippen LogP contribution in [0.1, 0.15) is 9.80 Å². The summed E-state index contributed by atoms with van der Waals surface area (Å²) in [6.07, 6.45) is 0. The minimum atomic E-state index is -0.563. The first kappa shape index (κ1) is 9.16. The van der Waals surface area contributed by atoms with E-state index in [4.69, 9.17) is 5.26 Å². The molecule has 1 rings (SSSR count). The second kappa shape index (κ2) is 4.18. The molecular formula is C6H3BrN2O2S. The van der Waals surface area contributed by atoms with Gasteiger partial charge >= 0.3 is 5.97 Å². The quantitative estimate of drug-likeness (QED) is 0.744. The standard InChI is InChI=1S/C6H3BrN2O2S/c7-4-3-12-5(9-4)6(10)11-2-1-8/h3H,2H2. The summed E-state index contributed by atoms with van der Waals surface area (Å²) in [4.78, 5) is 14.8. The highest BCUT2D eigenvalue weighted by molar-refractivity contribution is 9.10. The van der Waals surface area contributed by atoms with Crippen molar-refractivity contribution in [3.63, 3.8) is 0 Å². The maximum atomic E-state index is 11.0. The van der Waals surface area contributed by atoms with Crippen molar-refractivity contribution >= 4 is 33.2 Å². The third-order valence-electron chi connectivity index (χ3n) is 0.919. The molecule has 0 radical (unpaired) electrons. The molecule has 0 aliphatic carbocycles. The molecule has 0 saturated carbocycles. The van der Waals surface area contributed by atoms with Crippen molar-refractivity contribution in [2.24, 2.45) is 0 Å². The molecule has 0 amide bonds. The molecular weight excluding hydrogens is 244 g/mol. The fraction of sp³-hybridized carbons (Fsp3) is 0.167. The van der Waals surface area contributed by atoms with Crippen LogP contribution in [0.4, 0.5) is 0 Å². The topological polar surface area (TPSA) is 63.0 Å². The Morgan fingerprint density at radius 2 is 2.67 bits per heavy atom. The highest BCUT2D eigenvalue weighted by Crippen LogP contribution is 2.15. The van der Waals surface area contributed by atoms with E-state index in [0.717, 1.165) is 0 Å². The number of hydrogen-bond acceptors (Lipinski definition) is 5. The highest BCUT2D eigenvalue weighted by Gasteiger charge is 2.10. The molecule has 0 aromatic carbocycles. The molecule has 0 aliphatic rings. The van der Waals surface area contributed by atoms with Crippen LogP contribution < -0.4 is 0 Å². The summed E-state index contributed by atoms with van der Waals surface area (Å²) < 4.78 is 5.11. The third-order valence-corrected chi connectivity index (χ3v) is 2.45. The van der Waals surface area contributed by atoms with E-state index in [1.165, 1.54) is 11.3 Å². The van der Waals surface area contributed by atoms with Gasteiger partial charge in [-0.2, -0.15) is 5.26 Å². The van der Waals surface area contributed by atoms with Gasteiger partial charge in [0.2, 0.25) is 5.01 Å². The Bertz CT molecular complexity index is 331. The molecule has 0 unspecified atom stereocenters. The van der Waals surface area contributed by atoms with E-state index < -0.39 is 5.97 Å². The van der Waals surface area contributed by atoms with Gasteiger partial charge in [-0.1, -0.05) is 0 Å². The summed E-state index contributed by atoms with van der Waals surface area (Å²) in [6, 6.07) is 1.70. The normalized spacial score (nSPS) is 9.00. The monoisotopic (exact) mass is 246 g/mol. The first-order valence-electron chi connectivity index (χ1n) is 2.89. The number of hydrogen-bond donors (Lipinski definition) is 0. The molecule has 0 N–H and O–H groups in total. The summed E-state index contributed by atoms with van der Waals surface area (Å²) in [5.41, 5.74) is 0. The Labute approximate surface area is 80.9 Å². The maximum Gasteiger partial charge on any atom is 0.368 e. The SMILES string of the molecule is N#CCOC(=O)c1nc(Br)cs1. The van der Waals surface area contributed by atoms with E-state index in [1.807, 2.05) is 0 Å². The number of carbonyl (C=O) groups excluding carboxylic acids is 1. The fourth-order valence-electron chi connectivity index (χ4n) is 0.507. The van der Waals surface area contributed by atoms with Gasteiger partial charge in [0.1, 0.15) is 10.7 Å². The number of carbonyl (C=O) groups is 1. The smallest absolute Gasteiger partial charge is 0.368 e. The molecule has 1 aromatic rings. The Morgan fingerprint density at radius 1 is 1.92 bits per heavy atom. The highest BCUT2D eigenvalue weighted by atomic mass is 79.9. The molecule has 0 saturated heterocycles. The van der Waals surface area contributed by atoms with E-state index in [9.17, 15) is 4.79 Å². The molecule has 4 nitrogen and oxygen atoms in total. The molecule has 0 aliphatic heterocycles. The average molecular weight is 247 g/mol. The zero-order valence-electron chi connectivity index (χ0n) is 5.78. The summed E-state index contributed by atoms with van der Waals surface area (Å²) in [5.74, 6) is -0.563. The van der Waals surface area contributed by atoms with Crippen LogP contribution in [0.15, 0.2) is 9.98 Å². The number of esters is 1. The van der Waals surface area contributed by atoms with Gasteiger partial charge in [0.05, 0.1) is 0 Å². The number of thiazole rings is 1. The van der Waals surface area contributed by atoms with Crippen molar-refractivity contribution in [2.45, 2.75) is 0 Å². The Hall–Kier alpha value is -0.930. The predicted molar refractivity (Wildman–Crippen MR) is 45.7 cm³/mol. The lowest BCUT2D eigenvalue weighted by atomic mass is 10.7. The third kappa shape index (κ3) is 2.29. The van der Waals surface area contributed by atoms with Crippen molar-refractivity contribution in [1.82, 2.24) is 4.98 Å². The molecule has 6 heteroatoms. The van der Waals surface area contributed by atoms with Crippen molar-refractivity contribution in [3.05, 3.63) is 15.0 Å². The van der Waals surface area contributed by atoms with Gasteiger partial charge in [-0.25, -0.2) is 9.78 Å². The molecule has 0 bridgehead atoms. The summed E-state index contributed by atoms with van der Waals surface area (Å²) in [6.45, 7) is -0.240. The van der Waals surface area contributed by atoms with Crippen molar-refractivity contribution in [2.75, 3.05) is 6.61 Å². The fourth-order valence-corrected chi connectivity index (χ4v) is 1.65. The number of ether oxygens (including phenoxy) is 1. The second-order valence-corrected chi connectivity index (χ2v) is 3.38. The summed E-state index contributed by atoms with van der Waals surface area (Å²) >= 11 is 4.26. The van der Waals surface area contributed by atoms with Crippen molar-refractivity contribution < 1.29 is 9.53 Å². The Morgan fingerprint density at radius 3 is 3.17 bits per heavy atom. The van der Waals surface area contributed by atoms with E-state index in [0.29, 0.717) is 4.60 Å². The van der Waals surface area contributed by atoms with E-state index in [2.05, 4.69) is 25.7 Å². The van der Waals surface area contributed by atoms with Crippen LogP contribution >= 0.6 is 27.3 Å². The number of rotatable bonds is 2. The van der Waals surface area contributed by atoms with E-state index >= 15 is 0 Å². The Kier molecular flexibility index (Phi) is 3.19. The molecule has 0 fully saturated rings. The molecule has 0 atom stereocenters. The van der Waals surface area contributed by atoms with Crippen molar-refractivity contribution in [1.29, 1.82) is 5.26 Å². The van der Waals surface area contributed by atoms with Gasteiger partial charge in [0.15, 0.2) is 6.61 Å². The van der Waals surface area contributed by atoms with E-state index in [-0.39, 0.29) is 11.6 Å². The summed E-state index contributed by atoms with van der Waals surface area (Å²) in [7, 11) is 0. The number of nitriles is 1. The summed E-state index contributed by atoms with van der Waals surface area (Å²) in [5, 5.41) is 10.0. The van der Waals surface area contributed by atoms with Crippen LogP contribution in [0.2, 0.25) is 0 Å². The van der Waals surface area contributed by atoms with Crippen LogP contribution in [-0.2, 0) is 4.74 Å². The first-order chi connectivity index (χ1) is 5.74. The lowest BCUT2D eigenvalue weighted by Crippen LogP contribution is -2.04.